The highest BCUT2D eigenvalue weighted by Crippen LogP contribution is 2.49. The topological polar surface area (TPSA) is 66.9 Å². The molecule has 3 aliphatic heterocycles. The molecular formula is C25H23BrN2O4. The van der Waals surface area contributed by atoms with Gasteiger partial charge in [-0.25, -0.2) is 0 Å². The predicted molar refractivity (Wildman–Crippen MR) is 124 cm³/mol. The number of ether oxygens (including phenoxy) is 1. The number of nitrogens with zero attached hydrogens (tertiary/aromatic N) is 2. The van der Waals surface area contributed by atoms with Gasteiger partial charge < -0.3 is 9.64 Å². The Morgan fingerprint density at radius 1 is 1.06 bits per heavy atom. The second-order valence-electron chi connectivity index (χ2n) is 8.36. The quantitative estimate of drug-likeness (QED) is 0.349. The minimum absolute atomic E-state index is 0.132. The van der Waals surface area contributed by atoms with Crippen molar-refractivity contribution in [2.75, 3.05) is 25.2 Å². The first-order valence-corrected chi connectivity index (χ1v) is 11.5. The van der Waals surface area contributed by atoms with Gasteiger partial charge in [-0.05, 0) is 30.2 Å². The summed E-state index contributed by atoms with van der Waals surface area (Å²) in [7, 11) is 1.59. The summed E-state index contributed by atoms with van der Waals surface area (Å²) >= 11 is 3.50. The number of carbonyl (C=O) groups is 3. The zero-order valence-corrected chi connectivity index (χ0v) is 19.2. The smallest absolute Gasteiger partial charge is 0.235 e. The first-order valence-electron chi connectivity index (χ1n) is 10.7. The number of hydrogen-bond donors (Lipinski definition) is 0. The average molecular weight is 495 g/mol. The van der Waals surface area contributed by atoms with Crippen molar-refractivity contribution in [1.29, 1.82) is 0 Å². The molecule has 2 amide bonds. The number of halogens is 1. The molecule has 2 aromatic rings. The first kappa shape index (κ1) is 21.1. The highest BCUT2D eigenvalue weighted by Gasteiger charge is 2.63. The molecule has 2 saturated heterocycles. The molecule has 32 heavy (non-hydrogen) atoms. The Kier molecular flexibility index (Phi) is 5.47. The third-order valence-corrected chi connectivity index (χ3v) is 7.11. The van der Waals surface area contributed by atoms with Gasteiger partial charge in [-0.15, -0.1) is 0 Å². The van der Waals surface area contributed by atoms with E-state index < -0.39 is 17.9 Å². The molecule has 164 valence electrons. The van der Waals surface area contributed by atoms with Gasteiger partial charge in [0.2, 0.25) is 11.8 Å². The number of anilines is 1. The van der Waals surface area contributed by atoms with Gasteiger partial charge in [0.15, 0.2) is 5.78 Å². The molecule has 5 rings (SSSR count). The summed E-state index contributed by atoms with van der Waals surface area (Å²) in [6, 6.07) is 13.8. The van der Waals surface area contributed by atoms with Crippen LogP contribution in [0, 0.1) is 11.8 Å². The van der Waals surface area contributed by atoms with E-state index in [-0.39, 0.29) is 23.6 Å². The second-order valence-corrected chi connectivity index (χ2v) is 9.28. The molecule has 0 aliphatic carbocycles. The number of fused-ring (bicyclic) bond motifs is 5. The molecule has 7 heteroatoms. The molecule has 0 unspecified atom stereocenters. The number of amides is 2. The van der Waals surface area contributed by atoms with E-state index in [1.807, 2.05) is 53.5 Å². The van der Waals surface area contributed by atoms with Crippen LogP contribution in [0.3, 0.4) is 0 Å². The highest BCUT2D eigenvalue weighted by atomic mass is 79.9. The maximum absolute atomic E-state index is 13.8. The van der Waals surface area contributed by atoms with Crippen LogP contribution in [-0.2, 0) is 14.3 Å². The molecule has 2 aromatic carbocycles. The summed E-state index contributed by atoms with van der Waals surface area (Å²) in [6.07, 6.45) is 4.53. The van der Waals surface area contributed by atoms with E-state index in [9.17, 15) is 14.4 Å². The SMILES string of the molecule is COCCCN1C(=O)[C@@H]2[C@@H](C1=O)[C@H](C(=O)c1ccccc1)N1c3ccc(Br)cc3C=C[C@H]21. The number of benzene rings is 2. The molecule has 2 fully saturated rings. The lowest BCUT2D eigenvalue weighted by molar-refractivity contribution is -0.140. The Labute approximate surface area is 195 Å². The summed E-state index contributed by atoms with van der Waals surface area (Å²) in [6.45, 7) is 0.779. The van der Waals surface area contributed by atoms with Crippen LogP contribution in [0.2, 0.25) is 0 Å². The normalized spacial score (nSPS) is 25.7. The largest absolute Gasteiger partial charge is 0.385 e. The van der Waals surface area contributed by atoms with Crippen molar-refractivity contribution in [3.63, 3.8) is 0 Å². The summed E-state index contributed by atoms with van der Waals surface area (Å²) in [5.74, 6) is -1.86. The lowest BCUT2D eigenvalue weighted by Crippen LogP contribution is -2.48. The van der Waals surface area contributed by atoms with E-state index in [2.05, 4.69) is 15.9 Å². The number of ketones is 1. The fourth-order valence-corrected chi connectivity index (χ4v) is 5.65. The van der Waals surface area contributed by atoms with E-state index >= 15 is 0 Å². The monoisotopic (exact) mass is 494 g/mol. The van der Waals surface area contributed by atoms with Crippen molar-refractivity contribution in [2.45, 2.75) is 18.5 Å². The fourth-order valence-electron chi connectivity index (χ4n) is 5.27. The first-order chi connectivity index (χ1) is 15.5. The van der Waals surface area contributed by atoms with Crippen LogP contribution >= 0.6 is 15.9 Å². The molecule has 0 radical (unpaired) electrons. The number of rotatable bonds is 6. The Morgan fingerprint density at radius 3 is 2.56 bits per heavy atom. The van der Waals surface area contributed by atoms with Crippen molar-refractivity contribution in [1.82, 2.24) is 4.90 Å². The number of hydrogen-bond acceptors (Lipinski definition) is 5. The standard InChI is InChI=1S/C25H23BrN2O4/c1-32-13-5-12-27-24(30)20-19-10-8-16-14-17(26)9-11-18(16)28(19)22(21(20)25(27)31)23(29)15-6-3-2-4-7-15/h2-4,6-11,14,19-22H,5,12-13H2,1H3/t19-,20+,21-,22-/m1/s1. The Morgan fingerprint density at radius 2 is 1.81 bits per heavy atom. The number of carbonyl (C=O) groups excluding carboxylic acids is 3. The van der Waals surface area contributed by atoms with Gasteiger partial charge in [0.05, 0.1) is 17.9 Å². The van der Waals surface area contributed by atoms with Crippen molar-refractivity contribution in [3.05, 3.63) is 70.2 Å². The third-order valence-electron chi connectivity index (χ3n) is 6.62. The van der Waals surface area contributed by atoms with Crippen LogP contribution in [0.15, 0.2) is 59.1 Å². The summed E-state index contributed by atoms with van der Waals surface area (Å²) in [4.78, 5) is 44.0. The minimum atomic E-state index is -0.735. The van der Waals surface area contributed by atoms with Crippen LogP contribution in [0.1, 0.15) is 22.3 Å². The van der Waals surface area contributed by atoms with Crippen LogP contribution in [0.25, 0.3) is 6.08 Å². The molecule has 0 bridgehead atoms. The number of imide groups is 1. The van der Waals surface area contributed by atoms with E-state index in [1.54, 1.807) is 19.2 Å². The van der Waals surface area contributed by atoms with Crippen molar-refractivity contribution in [3.8, 4) is 0 Å². The highest BCUT2D eigenvalue weighted by molar-refractivity contribution is 9.10. The predicted octanol–water partition coefficient (Wildman–Crippen LogP) is 3.55. The molecule has 0 spiro atoms. The van der Waals surface area contributed by atoms with Gasteiger partial charge in [-0.1, -0.05) is 58.4 Å². The molecule has 4 atom stereocenters. The van der Waals surface area contributed by atoms with Crippen LogP contribution in [0.4, 0.5) is 5.69 Å². The molecule has 6 nitrogen and oxygen atoms in total. The van der Waals surface area contributed by atoms with Gasteiger partial charge in [-0.3, -0.25) is 19.3 Å². The van der Waals surface area contributed by atoms with Crippen LogP contribution in [0.5, 0.6) is 0 Å². The summed E-state index contributed by atoms with van der Waals surface area (Å²) in [5.41, 5.74) is 2.37. The Balaban J connectivity index is 1.59. The molecule has 0 aromatic heterocycles. The van der Waals surface area contributed by atoms with E-state index in [4.69, 9.17) is 4.74 Å². The van der Waals surface area contributed by atoms with Gasteiger partial charge in [0, 0.05) is 36.0 Å². The summed E-state index contributed by atoms with van der Waals surface area (Å²) < 4.78 is 6.02. The zero-order valence-electron chi connectivity index (χ0n) is 17.6. The van der Waals surface area contributed by atoms with Crippen molar-refractivity contribution >= 4 is 45.3 Å². The molecule has 3 heterocycles. The lowest BCUT2D eigenvalue weighted by atomic mass is 9.86. The fraction of sp³-hybridized carbons (Fsp3) is 0.320. The molecular weight excluding hydrogens is 472 g/mol. The van der Waals surface area contributed by atoms with Gasteiger partial charge in [0.1, 0.15) is 6.04 Å². The van der Waals surface area contributed by atoms with Gasteiger partial charge in [-0.2, -0.15) is 0 Å². The Bertz CT molecular complexity index is 1120. The third kappa shape index (κ3) is 3.22. The van der Waals surface area contributed by atoms with Gasteiger partial charge in [0.25, 0.3) is 0 Å². The molecule has 0 saturated carbocycles. The minimum Gasteiger partial charge on any atom is -0.385 e. The molecule has 3 aliphatic rings. The number of Topliss-reactive ketones (excluding diaryl/α,β-unsaturated/α-hetero) is 1. The van der Waals surface area contributed by atoms with E-state index in [0.29, 0.717) is 25.1 Å². The van der Waals surface area contributed by atoms with E-state index in [0.717, 1.165) is 15.7 Å². The lowest BCUT2D eigenvalue weighted by Gasteiger charge is -2.36. The van der Waals surface area contributed by atoms with Gasteiger partial charge >= 0.3 is 0 Å². The van der Waals surface area contributed by atoms with Crippen molar-refractivity contribution < 1.29 is 19.1 Å². The van der Waals surface area contributed by atoms with Crippen LogP contribution in [-0.4, -0.2) is 54.8 Å². The number of methoxy groups -OCH3 is 1. The second kappa shape index (κ2) is 8.30. The zero-order chi connectivity index (χ0) is 22.4. The van der Waals surface area contributed by atoms with Crippen LogP contribution < -0.4 is 4.90 Å². The molecule has 0 N–H and O–H groups in total. The summed E-state index contributed by atoms with van der Waals surface area (Å²) in [5, 5.41) is 0. The average Bonchev–Trinajstić information content (AvgIpc) is 3.27. The number of likely N-dealkylation sites (tertiary alicyclic amines) is 1. The maximum Gasteiger partial charge on any atom is 0.235 e. The Hall–Kier alpha value is -2.77. The van der Waals surface area contributed by atoms with Crippen molar-refractivity contribution in [2.24, 2.45) is 11.8 Å². The maximum atomic E-state index is 13.8. The van der Waals surface area contributed by atoms with E-state index in [1.165, 1.54) is 4.90 Å².